The maximum atomic E-state index is 13.3. The molecule has 0 radical (unpaired) electrons. The second-order valence-corrected chi connectivity index (χ2v) is 25.7. The fraction of sp³-hybridized carbons (Fsp3) is 0.779. The van der Waals surface area contributed by atoms with E-state index >= 15 is 0 Å². The van der Waals surface area contributed by atoms with Crippen molar-refractivity contribution in [1.82, 2.24) is 5.32 Å². The van der Waals surface area contributed by atoms with Crippen LogP contribution in [0.2, 0.25) is 0 Å². The summed E-state index contributed by atoms with van der Waals surface area (Å²) in [5, 5.41) is 87.5. The molecule has 14 nitrogen and oxygen atoms in total. The van der Waals surface area contributed by atoms with E-state index in [1.807, 2.05) is 6.08 Å². The molecule has 2 heterocycles. The Balaban J connectivity index is 1.65. The molecule has 2 saturated heterocycles. The van der Waals surface area contributed by atoms with Crippen molar-refractivity contribution >= 4 is 5.91 Å². The van der Waals surface area contributed by atoms with Gasteiger partial charge in [0.25, 0.3) is 0 Å². The largest absolute Gasteiger partial charge is 0.394 e. The van der Waals surface area contributed by atoms with E-state index in [4.69, 9.17) is 18.9 Å². The Morgan fingerprint density at radius 2 is 0.769 bits per heavy atom. The molecule has 14 heteroatoms. The predicted octanol–water partition coefficient (Wildman–Crippen LogP) is 15.7. The molecule has 12 atom stereocenters. The Morgan fingerprint density at radius 3 is 1.21 bits per heavy atom. The smallest absolute Gasteiger partial charge is 0.220 e. The average Bonchev–Trinajstić information content (AvgIpc) is 0.888. The summed E-state index contributed by atoms with van der Waals surface area (Å²) in [6, 6.07) is -0.943. The second kappa shape index (κ2) is 60.6. The van der Waals surface area contributed by atoms with Crippen LogP contribution in [-0.4, -0.2) is 140 Å². The molecular weight excluding hydrogens is 1150 g/mol. The minimum absolute atomic E-state index is 0.252. The summed E-state index contributed by atoms with van der Waals surface area (Å²) >= 11 is 0. The number of hydrogen-bond donors (Lipinski definition) is 9. The molecule has 0 spiro atoms. The van der Waals surface area contributed by atoms with Gasteiger partial charge in [-0.05, 0) is 89.9 Å². The fourth-order valence-corrected chi connectivity index (χ4v) is 11.6. The van der Waals surface area contributed by atoms with Crippen molar-refractivity contribution in [3.05, 3.63) is 97.2 Å². The van der Waals surface area contributed by atoms with Crippen molar-refractivity contribution in [3.8, 4) is 0 Å². The first-order valence-corrected chi connectivity index (χ1v) is 37.0. The predicted molar refractivity (Wildman–Crippen MR) is 373 cm³/mol. The second-order valence-electron chi connectivity index (χ2n) is 25.7. The van der Waals surface area contributed by atoms with Crippen molar-refractivity contribution in [2.75, 3.05) is 19.8 Å². The average molecular weight is 1280 g/mol. The lowest BCUT2D eigenvalue weighted by molar-refractivity contribution is -0.359. The monoisotopic (exact) mass is 1280 g/mol. The highest BCUT2D eigenvalue weighted by Gasteiger charge is 2.51. The van der Waals surface area contributed by atoms with Crippen LogP contribution in [0.25, 0.3) is 0 Å². The number of hydrogen-bond acceptors (Lipinski definition) is 13. The number of aliphatic hydroxyl groups excluding tert-OH is 8. The van der Waals surface area contributed by atoms with Crippen LogP contribution in [0.4, 0.5) is 0 Å². The molecule has 0 aromatic carbocycles. The quantitative estimate of drug-likeness (QED) is 0.0204. The Bertz CT molecular complexity index is 1900. The zero-order valence-corrected chi connectivity index (χ0v) is 57.3. The first kappa shape index (κ1) is 84.0. The molecule has 0 aromatic heterocycles. The molecule has 12 unspecified atom stereocenters. The Hall–Kier alpha value is -3.09. The number of nitrogens with one attached hydrogen (secondary N) is 1. The molecule has 9 N–H and O–H groups in total. The van der Waals surface area contributed by atoms with Gasteiger partial charge in [-0.3, -0.25) is 4.79 Å². The Kier molecular flexibility index (Phi) is 55.9. The number of carbonyl (C=O) groups is 1. The lowest BCUT2D eigenvalue weighted by Crippen LogP contribution is -2.65. The van der Waals surface area contributed by atoms with E-state index in [1.165, 1.54) is 180 Å². The van der Waals surface area contributed by atoms with Gasteiger partial charge in [-0.25, -0.2) is 0 Å². The summed E-state index contributed by atoms with van der Waals surface area (Å²) < 4.78 is 22.8. The molecule has 2 aliphatic rings. The number of rotatable bonds is 60. The van der Waals surface area contributed by atoms with Gasteiger partial charge >= 0.3 is 0 Å². The van der Waals surface area contributed by atoms with Crippen LogP contribution in [0.5, 0.6) is 0 Å². The lowest BCUT2D eigenvalue weighted by Gasteiger charge is -2.46. The van der Waals surface area contributed by atoms with Gasteiger partial charge in [-0.2, -0.15) is 0 Å². The molecule has 0 aromatic rings. The van der Waals surface area contributed by atoms with E-state index in [2.05, 4.69) is 104 Å². The maximum absolute atomic E-state index is 13.3. The van der Waals surface area contributed by atoms with Crippen LogP contribution in [-0.2, 0) is 23.7 Å². The number of carbonyl (C=O) groups excluding carboxylic acids is 1. The zero-order valence-electron chi connectivity index (χ0n) is 57.3. The normalized spacial score (nSPS) is 23.4. The molecule has 2 fully saturated rings. The molecule has 2 rings (SSSR count). The lowest BCUT2D eigenvalue weighted by atomic mass is 9.97. The van der Waals surface area contributed by atoms with Crippen molar-refractivity contribution < 1.29 is 64.6 Å². The van der Waals surface area contributed by atoms with E-state index < -0.39 is 86.8 Å². The van der Waals surface area contributed by atoms with Gasteiger partial charge in [0, 0.05) is 6.42 Å². The molecule has 2 aliphatic heterocycles. The molecule has 91 heavy (non-hydrogen) atoms. The van der Waals surface area contributed by atoms with E-state index in [0.29, 0.717) is 12.8 Å². The number of amides is 1. The van der Waals surface area contributed by atoms with Crippen LogP contribution in [0.1, 0.15) is 290 Å². The van der Waals surface area contributed by atoms with E-state index in [-0.39, 0.29) is 18.9 Å². The molecule has 0 bridgehead atoms. The molecule has 526 valence electrons. The summed E-state index contributed by atoms with van der Waals surface area (Å²) in [7, 11) is 0. The highest BCUT2D eigenvalue weighted by atomic mass is 16.7. The van der Waals surface area contributed by atoms with Crippen LogP contribution >= 0.6 is 0 Å². The third kappa shape index (κ3) is 44.3. The van der Waals surface area contributed by atoms with Crippen molar-refractivity contribution in [2.24, 2.45) is 0 Å². The number of unbranched alkanes of at least 4 members (excludes halogenated alkanes) is 33. The molecule has 0 aliphatic carbocycles. The van der Waals surface area contributed by atoms with Crippen molar-refractivity contribution in [1.29, 1.82) is 0 Å². The highest BCUT2D eigenvalue weighted by Crippen LogP contribution is 2.30. The first-order chi connectivity index (χ1) is 44.6. The number of allylic oxidation sites excluding steroid dienone is 15. The van der Waals surface area contributed by atoms with Gasteiger partial charge in [0.2, 0.25) is 5.91 Å². The third-order valence-electron chi connectivity index (χ3n) is 17.5. The number of ether oxygens (including phenoxy) is 4. The van der Waals surface area contributed by atoms with Crippen molar-refractivity contribution in [3.63, 3.8) is 0 Å². The third-order valence-corrected chi connectivity index (χ3v) is 17.5. The minimum Gasteiger partial charge on any atom is -0.394 e. The Morgan fingerprint density at radius 1 is 0.407 bits per heavy atom. The SMILES string of the molecule is CC/C=C\C/C=C\C/C=C\C/C=C\C/C=C\CCCCCCCCCCCCCCCCCCCCCC(=O)NC(COC1OC(CO)C(OC2OC(CO)C(O)C(O)C2O)C(O)C1O)C(O)/C=C/CC/C=C/CC/C=C/CCCCCCCCCCCCCC. The molecular formula is C77H135NO13. The van der Waals surface area contributed by atoms with Crippen LogP contribution in [0.15, 0.2) is 97.2 Å². The van der Waals surface area contributed by atoms with E-state index in [1.54, 1.807) is 6.08 Å². The van der Waals surface area contributed by atoms with Gasteiger partial charge in [0.1, 0.15) is 48.8 Å². The van der Waals surface area contributed by atoms with E-state index in [0.717, 1.165) is 77.0 Å². The zero-order chi connectivity index (χ0) is 65.9. The van der Waals surface area contributed by atoms with E-state index in [9.17, 15) is 45.6 Å². The highest BCUT2D eigenvalue weighted by molar-refractivity contribution is 5.76. The Labute approximate surface area is 553 Å². The maximum Gasteiger partial charge on any atom is 0.220 e. The van der Waals surface area contributed by atoms with Crippen LogP contribution < -0.4 is 5.32 Å². The standard InChI is InChI=1S/C77H135NO13/c1-3-5-7-9-11-13-15-17-19-21-23-25-27-28-29-30-31-32-33-34-35-36-37-38-39-41-43-45-47-49-51-53-55-57-59-61-69(82)78-65(64-88-76-74(87)72(85)75(68(63-80)90-76)91-77-73(86)71(84)70(83)67(62-79)89-77)66(81)60-58-56-54-52-50-48-46-44-42-40-26-24-22-20-18-16-14-12-10-8-6-4-2/h5,7,11,13,17,19,23,25,28-29,42,44,50,52,58,60,65-68,70-77,79-81,83-87H,3-4,6,8-10,12,14-16,18,20-22,24,26-27,30-41,43,45-49,51,53-57,59,61-64H2,1-2H3,(H,78,82)/b7-5-,13-11-,19-17-,25-23-,29-28-,44-42+,52-50+,60-58+. The van der Waals surface area contributed by atoms with Gasteiger partial charge in [-0.1, -0.05) is 291 Å². The molecule has 1 amide bonds. The van der Waals surface area contributed by atoms with Gasteiger partial charge in [0.15, 0.2) is 12.6 Å². The molecule has 0 saturated carbocycles. The first-order valence-electron chi connectivity index (χ1n) is 37.0. The van der Waals surface area contributed by atoms with Gasteiger partial charge in [-0.15, -0.1) is 0 Å². The van der Waals surface area contributed by atoms with Gasteiger partial charge in [0.05, 0.1) is 32.0 Å². The number of aliphatic hydroxyl groups is 8. The van der Waals surface area contributed by atoms with Crippen molar-refractivity contribution in [2.45, 2.75) is 364 Å². The summed E-state index contributed by atoms with van der Waals surface area (Å²) in [5.41, 5.74) is 0. The van der Waals surface area contributed by atoms with Crippen LogP contribution in [0.3, 0.4) is 0 Å². The fourth-order valence-electron chi connectivity index (χ4n) is 11.6. The topological polar surface area (TPSA) is 228 Å². The summed E-state index contributed by atoms with van der Waals surface area (Å²) in [6.45, 7) is 2.69. The minimum atomic E-state index is -1.80. The van der Waals surface area contributed by atoms with Crippen LogP contribution in [0, 0.1) is 0 Å². The summed E-state index contributed by atoms with van der Waals surface area (Å²) in [6.07, 6.45) is 69.0. The summed E-state index contributed by atoms with van der Waals surface area (Å²) in [5.74, 6) is -0.252. The summed E-state index contributed by atoms with van der Waals surface area (Å²) in [4.78, 5) is 13.3. The van der Waals surface area contributed by atoms with Gasteiger partial charge < -0.3 is 65.1 Å².